The van der Waals surface area contributed by atoms with Gasteiger partial charge >= 0.3 is 108 Å². The molecule has 60 heteroatoms. The molecule has 124 heavy (non-hydrogen) atoms. The molecule has 0 aromatic rings. The fourth-order valence-corrected chi connectivity index (χ4v) is 98.1. The molecule has 8 unspecified atom stereocenters. The Kier molecular flexibility index (Phi) is 55.9. The summed E-state index contributed by atoms with van der Waals surface area (Å²) in [5.74, 6) is 0. The highest BCUT2D eigenvalue weighted by molar-refractivity contribution is 7.04. The van der Waals surface area contributed by atoms with E-state index in [4.69, 9.17) is 165 Å². The van der Waals surface area contributed by atoms with Crippen molar-refractivity contribution in [2.45, 2.75) is 255 Å². The highest BCUT2D eigenvalue weighted by atomic mass is 28.7. The van der Waals surface area contributed by atoms with E-state index in [0.29, 0.717) is 72.7 Å². The second kappa shape index (κ2) is 57.3. The second-order valence-corrected chi connectivity index (χ2v) is 93.7. The quantitative estimate of drug-likeness (QED) is 0.0330. The maximum Gasteiger partial charge on any atom is 0.661 e. The van der Waals surface area contributed by atoms with E-state index in [9.17, 15) is 10.2 Å². The molecule has 40 nitrogen and oxygen atoms in total. The van der Waals surface area contributed by atoms with E-state index in [1.54, 1.807) is 0 Å². The molecule has 0 radical (unpaired) electrons. The number of hydrogen-bond acceptors (Lipinski definition) is 40. The van der Waals surface area contributed by atoms with E-state index in [1.807, 2.05) is 175 Å². The van der Waals surface area contributed by atoms with Crippen LogP contribution in [0.3, 0.4) is 0 Å². The Balaban J connectivity index is 0.00000241. The maximum absolute atomic E-state index is 9.97. The first-order valence-electron chi connectivity index (χ1n) is 44.6. The largest absolute Gasteiger partial charge is 0.661 e. The van der Waals surface area contributed by atoms with E-state index in [2.05, 4.69) is 6.55 Å². The summed E-state index contributed by atoms with van der Waals surface area (Å²) in [5, 5.41) is 36.4. The van der Waals surface area contributed by atoms with Crippen molar-refractivity contribution in [2.75, 3.05) is 166 Å². The molecule has 6 fully saturated rings. The van der Waals surface area contributed by atoms with E-state index in [-0.39, 0.29) is 143 Å². The molecule has 6 saturated heterocycles. The minimum Gasteiger partial charge on any atom is -0.401 e. The van der Waals surface area contributed by atoms with Gasteiger partial charge < -0.3 is 175 Å². The predicted octanol–water partition coefficient (Wildman–Crippen LogP) is 8.11. The average Bonchev–Trinajstić information content (AvgIpc) is 0.679. The molecule has 0 aliphatic carbocycles. The average molecular weight is 2140 g/mol. The molecule has 0 saturated carbocycles. The first kappa shape index (κ1) is 121. The lowest BCUT2D eigenvalue weighted by molar-refractivity contribution is -0.133. The van der Waals surface area contributed by atoms with Crippen molar-refractivity contribution in [3.63, 3.8) is 0 Å². The van der Waals surface area contributed by atoms with Crippen molar-refractivity contribution < 1.29 is 175 Å². The maximum atomic E-state index is 9.97. The molecule has 6 aliphatic heterocycles. The second-order valence-electron chi connectivity index (χ2n) is 32.2. The van der Waals surface area contributed by atoms with Gasteiger partial charge in [0.1, 0.15) is 0 Å². The summed E-state index contributed by atoms with van der Waals surface area (Å²) in [7, 11) is -81.2. The SMILES string of the molecule is CCCOCCO.CCO[Si](CC[Si](C)(C)O[Si]12O[Si]3(OC)O[Si]4(O[SiH2]C)O[Si]5(O[Si](C)(C)CCOCCO)O[Si](O[Si](C)(C)CCOCCO)(O3)O[Si](O[Si](C)(C)CC[Si](OCC)(OCC)OCC)(O1)O[Si](O[Si](C)(C)CC[Si](OCC)(OCC)OCC)(O5)O[Si](O[Si](C)(C)CC[Si](OCC)(OCC)OCC)(O4)O2)(OCC)OCC.C[SiH2]CCOCCO. The van der Waals surface area contributed by atoms with Gasteiger partial charge in [0.2, 0.25) is 0 Å². The van der Waals surface area contributed by atoms with Crippen LogP contribution in [-0.2, 0) is 155 Å². The van der Waals surface area contributed by atoms with Crippen LogP contribution >= 0.6 is 0 Å². The summed E-state index contributed by atoms with van der Waals surface area (Å²) in [5.41, 5.74) is 0. The molecule has 8 bridgehead atoms. The van der Waals surface area contributed by atoms with Gasteiger partial charge in [-0.3, -0.25) is 0 Å². The first-order chi connectivity index (χ1) is 58.4. The lowest BCUT2D eigenvalue weighted by Gasteiger charge is -2.60. The predicted molar refractivity (Wildman–Crippen MR) is 505 cm³/mol. The number of hydrogen-bond donors (Lipinski definition) is 4. The summed E-state index contributed by atoms with van der Waals surface area (Å²) in [6, 6.07) is 3.73. The molecule has 0 aromatic heterocycles. The van der Waals surface area contributed by atoms with E-state index < -0.39 is 167 Å². The first-order valence-corrected chi connectivity index (χ1v) is 88.5. The molecule has 4 N–H and O–H groups in total. The van der Waals surface area contributed by atoms with Crippen molar-refractivity contribution in [2.24, 2.45) is 0 Å². The molecule has 6 rings (SSSR count). The Labute approximate surface area is 766 Å². The Morgan fingerprint density at radius 1 is 0.242 bits per heavy atom. The molecule has 8 atom stereocenters. The van der Waals surface area contributed by atoms with Gasteiger partial charge in [0.05, 0.1) is 52.9 Å². The normalized spacial score (nSPS) is 25.5. The van der Waals surface area contributed by atoms with E-state index in [1.165, 1.54) is 13.2 Å². The molecule has 740 valence electrons. The molecular formula is C64H164O40Si20. The summed E-state index contributed by atoms with van der Waals surface area (Å²) in [4.78, 5) is 0. The fourth-order valence-electron chi connectivity index (χ4n) is 13.0. The van der Waals surface area contributed by atoms with Crippen molar-refractivity contribution in [1.82, 2.24) is 0 Å². The van der Waals surface area contributed by atoms with Gasteiger partial charge in [-0.05, 0) is 210 Å². The third-order valence-corrected chi connectivity index (χ3v) is 88.3. The highest BCUT2D eigenvalue weighted by Crippen LogP contribution is 2.54. The van der Waals surface area contributed by atoms with Crippen molar-refractivity contribution in [1.29, 1.82) is 0 Å². The Morgan fingerprint density at radius 2 is 0.435 bits per heavy atom. The smallest absolute Gasteiger partial charge is 0.401 e. The van der Waals surface area contributed by atoms with Gasteiger partial charge in [0.15, 0.2) is 59.7 Å². The Hall–Kier alpha value is 2.74. The van der Waals surface area contributed by atoms with E-state index >= 15 is 0 Å². The van der Waals surface area contributed by atoms with Crippen LogP contribution < -0.4 is 0 Å². The minimum atomic E-state index is -5.82. The summed E-state index contributed by atoms with van der Waals surface area (Å²) >= 11 is 0. The van der Waals surface area contributed by atoms with Crippen LogP contribution in [0.1, 0.15) is 96.4 Å². The van der Waals surface area contributed by atoms with Crippen molar-refractivity contribution in [3.05, 3.63) is 0 Å². The zero-order valence-corrected chi connectivity index (χ0v) is 101. The minimum absolute atomic E-state index is 0.0331. The number of aliphatic hydroxyl groups is 4. The van der Waals surface area contributed by atoms with Crippen LogP contribution in [0.5, 0.6) is 0 Å². The zero-order chi connectivity index (χ0) is 93.3. The molecule has 6 aliphatic rings. The standard InChI is InChI=1S/C54H138O36Si19.C5H14O2Si.C5H12O2/c1-27-60-98(61-28-2,62-29-3)51-47-94(19,20)75-105-81-102(57-13)79-103(72-91-14)82-106(74-93(17,18)46-44-59-42-40-56)84-104(80-102,73-92(15,16)45-43-58-41-39-55)86-108(87-105,77-96(23,24)49-53-100(66-33-7,67-34-8)68-35-9)90-109(88-106,78-97(25,26)50-54-101(69-36-10,70-37-11)71-38-12)89-107(83-103,85-105)76-95(21,22)48-52-99(63-30-4,64-31-5)65-32-6;1-8-5-4-7-3-2-6;1-2-4-7-5-3-6/h55-56H,27-54,91H2,1-26H3;6H,2-5,8H2,1H3;6H,2-5H2,1H3. The zero-order valence-electron chi connectivity index (χ0n) is 80.4. The molecule has 0 spiro atoms. The number of aliphatic hydroxyl groups excluding tert-OH is 4. The van der Waals surface area contributed by atoms with Gasteiger partial charge in [-0.1, -0.05) is 20.0 Å². The molecule has 0 amide bonds. The van der Waals surface area contributed by atoms with Crippen molar-refractivity contribution >= 4 is 177 Å². The summed E-state index contributed by atoms with van der Waals surface area (Å²) < 4.78 is 256. The molecule has 0 aromatic carbocycles. The van der Waals surface area contributed by atoms with Gasteiger partial charge in [-0.2, -0.15) is 0 Å². The van der Waals surface area contributed by atoms with Gasteiger partial charge in [0, 0.05) is 147 Å². The Bertz CT molecular complexity index is 2800. The van der Waals surface area contributed by atoms with Crippen LogP contribution in [0.2, 0.25) is 158 Å². The lowest BCUT2D eigenvalue weighted by atomic mass is 10.5. The van der Waals surface area contributed by atoms with Crippen molar-refractivity contribution in [3.8, 4) is 0 Å². The monoisotopic (exact) mass is 2130 g/mol. The lowest BCUT2D eigenvalue weighted by Crippen LogP contribution is -2.92. The van der Waals surface area contributed by atoms with Gasteiger partial charge in [0.25, 0.3) is 0 Å². The topological polar surface area (TPSA) is 413 Å². The molecular weight excluding hydrogens is 1970 g/mol. The highest BCUT2D eigenvalue weighted by Gasteiger charge is 2.92. The Morgan fingerprint density at radius 3 is 0.629 bits per heavy atom. The summed E-state index contributed by atoms with van der Waals surface area (Å²) in [6.07, 6.45) is 1.03. The number of ether oxygens (including phenoxy) is 4. The third-order valence-electron chi connectivity index (χ3n) is 18.1. The fraction of sp³-hybridized carbons (Fsp3) is 1.00. The summed E-state index contributed by atoms with van der Waals surface area (Å²) in [6.45, 7) is 58.3. The third kappa shape index (κ3) is 40.7. The van der Waals surface area contributed by atoms with Gasteiger partial charge in [-0.25, -0.2) is 0 Å². The van der Waals surface area contributed by atoms with Crippen LogP contribution in [-0.4, -0.2) is 363 Å². The van der Waals surface area contributed by atoms with Crippen LogP contribution in [0.4, 0.5) is 0 Å². The van der Waals surface area contributed by atoms with Gasteiger partial charge in [-0.15, -0.1) is 0 Å². The van der Waals surface area contributed by atoms with Crippen LogP contribution in [0, 0.1) is 0 Å². The van der Waals surface area contributed by atoms with Crippen LogP contribution in [0.25, 0.3) is 0 Å². The number of rotatable bonds is 70. The molecule has 6 heterocycles. The van der Waals surface area contributed by atoms with E-state index in [0.717, 1.165) is 19.6 Å². The van der Waals surface area contributed by atoms with Crippen LogP contribution in [0.15, 0.2) is 0 Å².